The number of nitriles is 1. The summed E-state index contributed by atoms with van der Waals surface area (Å²) < 4.78 is 0. The van der Waals surface area contributed by atoms with Crippen LogP contribution in [0.1, 0.15) is 40.2 Å². The van der Waals surface area contributed by atoms with E-state index in [1.807, 2.05) is 60.7 Å². The Hall–Kier alpha value is -5.16. The second kappa shape index (κ2) is 8.23. The summed E-state index contributed by atoms with van der Waals surface area (Å²) in [4.78, 5) is 57.3. The Morgan fingerprint density at radius 1 is 0.744 bits per heavy atom. The van der Waals surface area contributed by atoms with Crippen molar-refractivity contribution in [2.75, 3.05) is 4.90 Å². The second-order valence-corrected chi connectivity index (χ2v) is 12.4. The van der Waals surface area contributed by atoms with E-state index in [1.54, 1.807) is 30.5 Å². The zero-order valence-electron chi connectivity index (χ0n) is 22.8. The highest BCUT2D eigenvalue weighted by Gasteiger charge is 2.68. The zero-order chi connectivity index (χ0) is 29.2. The molecule has 1 saturated carbocycles. The van der Waals surface area contributed by atoms with Crippen LogP contribution in [0.5, 0.6) is 0 Å². The average Bonchev–Trinajstić information content (AvgIpc) is 3.78. The first-order valence-electron chi connectivity index (χ1n) is 14.6. The van der Waals surface area contributed by atoms with Gasteiger partial charge in [-0.25, -0.2) is 4.90 Å². The molecule has 3 aromatic carbocycles. The maximum absolute atomic E-state index is 14.6. The molecule has 6 atom stereocenters. The molecule has 8 nitrogen and oxygen atoms in total. The van der Waals surface area contributed by atoms with E-state index in [0.717, 1.165) is 33.7 Å². The van der Waals surface area contributed by atoms with Gasteiger partial charge in [0.05, 0.1) is 40.3 Å². The number of hydrogen-bond donors (Lipinski definition) is 0. The molecule has 4 bridgehead atoms. The molecule has 4 amide bonds. The summed E-state index contributed by atoms with van der Waals surface area (Å²) in [7, 11) is 0. The van der Waals surface area contributed by atoms with Crippen molar-refractivity contribution in [3.8, 4) is 6.07 Å². The van der Waals surface area contributed by atoms with Gasteiger partial charge < -0.3 is 0 Å². The van der Waals surface area contributed by atoms with Crippen LogP contribution in [0.2, 0.25) is 0 Å². The van der Waals surface area contributed by atoms with Gasteiger partial charge in [0.25, 0.3) is 11.8 Å². The van der Waals surface area contributed by atoms with Gasteiger partial charge in [-0.05, 0) is 52.6 Å². The van der Waals surface area contributed by atoms with E-state index < -0.39 is 35.0 Å². The number of carbonyl (C=O) groups excluding carboxylic acids is 4. The monoisotopic (exact) mass is 564 g/mol. The average molecular weight is 565 g/mol. The molecule has 5 aliphatic carbocycles. The normalized spacial score (nSPS) is 34.2. The summed E-state index contributed by atoms with van der Waals surface area (Å²) in [6.45, 7) is 0. The minimum atomic E-state index is -1.22. The number of carbonyl (C=O) groups is 4. The summed E-state index contributed by atoms with van der Waals surface area (Å²) in [5.41, 5.74) is 2.78. The molecule has 10 rings (SSSR count). The maximum Gasteiger partial charge on any atom is 0.254 e. The number of benzene rings is 3. The number of rotatable bonds is 3. The van der Waals surface area contributed by atoms with Crippen LogP contribution >= 0.6 is 0 Å². The molecule has 2 aliphatic heterocycles. The first-order valence-corrected chi connectivity index (χ1v) is 14.6. The van der Waals surface area contributed by atoms with Gasteiger partial charge in [0.1, 0.15) is 6.07 Å². The van der Waals surface area contributed by atoms with Crippen LogP contribution in [0.25, 0.3) is 0 Å². The quantitative estimate of drug-likeness (QED) is 0.272. The van der Waals surface area contributed by atoms with E-state index in [4.69, 9.17) is 0 Å². The highest BCUT2D eigenvalue weighted by atomic mass is 16.2. The summed E-state index contributed by atoms with van der Waals surface area (Å²) in [5, 5.41) is 15.5. The van der Waals surface area contributed by atoms with Gasteiger partial charge in [-0.1, -0.05) is 72.8 Å². The lowest BCUT2D eigenvalue weighted by molar-refractivity contribution is -0.140. The molecule has 3 fully saturated rings. The first-order chi connectivity index (χ1) is 21.0. The Morgan fingerprint density at radius 2 is 1.33 bits per heavy atom. The third-order valence-electron chi connectivity index (χ3n) is 10.8. The smallest absolute Gasteiger partial charge is 0.254 e. The number of allylic oxidation sites excluding steroid dienone is 2. The zero-order valence-corrected chi connectivity index (χ0v) is 22.8. The molecular formula is C35H24N4O4. The predicted molar refractivity (Wildman–Crippen MR) is 154 cm³/mol. The standard InChI is InChI=1S/C35H24N4O4/c36-16-20-7-1-6-12-25(20)38-31(40)29-28-21-8-2-4-10-23(21)35(30(29)34(38)43,24-11-5-3-9-22(24)28)17-37-39-32(41)26-18-13-14-19(15-18)27(26)33(39)42/h1-14,17-19,26-30H,15H2/b37-17-/t18-,19-,26-,27+,28?,29+,30-,35?/m0/s1. The number of imide groups is 2. The molecular weight excluding hydrogens is 540 g/mol. The maximum atomic E-state index is 14.6. The summed E-state index contributed by atoms with van der Waals surface area (Å²) in [6.07, 6.45) is 6.49. The van der Waals surface area contributed by atoms with Gasteiger partial charge in [0.2, 0.25) is 11.8 Å². The lowest BCUT2D eigenvalue weighted by Gasteiger charge is -2.52. The van der Waals surface area contributed by atoms with Crippen LogP contribution < -0.4 is 4.90 Å². The molecule has 208 valence electrons. The van der Waals surface area contributed by atoms with Crippen LogP contribution in [0, 0.1) is 46.8 Å². The molecule has 2 saturated heterocycles. The van der Waals surface area contributed by atoms with Crippen molar-refractivity contribution in [2.24, 2.45) is 40.6 Å². The summed E-state index contributed by atoms with van der Waals surface area (Å²) in [5.74, 6) is -4.12. The molecule has 7 aliphatic rings. The fourth-order valence-corrected chi connectivity index (χ4v) is 9.20. The van der Waals surface area contributed by atoms with E-state index in [2.05, 4.69) is 11.2 Å². The van der Waals surface area contributed by atoms with Crippen LogP contribution in [-0.4, -0.2) is 34.9 Å². The highest BCUT2D eigenvalue weighted by molar-refractivity contribution is 6.25. The number of amides is 4. The molecule has 0 aromatic heterocycles. The summed E-state index contributed by atoms with van der Waals surface area (Å²) in [6, 6.07) is 24.3. The van der Waals surface area contributed by atoms with Gasteiger partial charge in [-0.3, -0.25) is 19.2 Å². The Labute approximate surface area is 246 Å². The Balaban J connectivity index is 1.25. The second-order valence-electron chi connectivity index (χ2n) is 12.4. The van der Waals surface area contributed by atoms with Crippen molar-refractivity contribution in [2.45, 2.75) is 17.8 Å². The highest BCUT2D eigenvalue weighted by Crippen LogP contribution is 2.64. The molecule has 0 unspecified atom stereocenters. The fourth-order valence-electron chi connectivity index (χ4n) is 9.20. The van der Waals surface area contributed by atoms with Gasteiger partial charge >= 0.3 is 0 Å². The van der Waals surface area contributed by atoms with Crippen molar-refractivity contribution in [3.63, 3.8) is 0 Å². The Morgan fingerprint density at radius 3 is 1.95 bits per heavy atom. The minimum Gasteiger partial charge on any atom is -0.274 e. The van der Waals surface area contributed by atoms with Crippen molar-refractivity contribution in [1.29, 1.82) is 5.26 Å². The van der Waals surface area contributed by atoms with Crippen molar-refractivity contribution in [1.82, 2.24) is 5.01 Å². The molecule has 3 aromatic rings. The SMILES string of the molecule is N#Cc1ccccc1N1C(=O)[C@@H]2C3c4ccccc4C(/C=N\N4C(=O)[C@@H]5[C@H](C4=O)[C@H]4C=C[C@H]5C4)(c4ccccc43)[C@@H]2C1=O. The first kappa shape index (κ1) is 24.4. The van der Waals surface area contributed by atoms with Crippen LogP contribution in [-0.2, 0) is 24.6 Å². The van der Waals surface area contributed by atoms with Gasteiger partial charge in [0.15, 0.2) is 0 Å². The molecule has 0 radical (unpaired) electrons. The molecule has 0 spiro atoms. The van der Waals surface area contributed by atoms with Crippen LogP contribution in [0.4, 0.5) is 5.69 Å². The lowest BCUT2D eigenvalue weighted by atomic mass is 9.47. The van der Waals surface area contributed by atoms with Gasteiger partial charge in [0, 0.05) is 12.1 Å². The largest absolute Gasteiger partial charge is 0.274 e. The fraction of sp³-hybridized carbons (Fsp3) is 0.257. The lowest BCUT2D eigenvalue weighted by Crippen LogP contribution is -2.55. The Kier molecular flexibility index (Phi) is 4.68. The van der Waals surface area contributed by atoms with Crippen molar-refractivity contribution < 1.29 is 19.2 Å². The van der Waals surface area contributed by atoms with E-state index in [1.165, 1.54) is 4.90 Å². The summed E-state index contributed by atoms with van der Waals surface area (Å²) >= 11 is 0. The number of hydrogen-bond acceptors (Lipinski definition) is 6. The molecule has 8 heteroatoms. The van der Waals surface area contributed by atoms with E-state index in [-0.39, 0.29) is 46.7 Å². The van der Waals surface area contributed by atoms with Crippen molar-refractivity contribution in [3.05, 3.63) is 113 Å². The van der Waals surface area contributed by atoms with Crippen LogP contribution in [0.15, 0.2) is 90.0 Å². The number of hydrazone groups is 1. The number of fused-ring (bicyclic) bond motifs is 5. The Bertz CT molecular complexity index is 1860. The topological polar surface area (TPSA) is 111 Å². The molecule has 0 N–H and O–H groups in total. The number of anilines is 1. The van der Waals surface area contributed by atoms with Gasteiger partial charge in [-0.2, -0.15) is 15.4 Å². The van der Waals surface area contributed by atoms with Crippen molar-refractivity contribution >= 4 is 35.5 Å². The van der Waals surface area contributed by atoms with E-state index in [0.29, 0.717) is 0 Å². The minimum absolute atomic E-state index is 0.0450. The number of nitrogens with zero attached hydrogens (tertiary/aromatic N) is 4. The van der Waals surface area contributed by atoms with Gasteiger partial charge in [-0.15, -0.1) is 0 Å². The molecule has 2 heterocycles. The number of para-hydroxylation sites is 1. The predicted octanol–water partition coefficient (Wildman–Crippen LogP) is 3.90. The third kappa shape index (κ3) is 2.78. The van der Waals surface area contributed by atoms with E-state index in [9.17, 15) is 24.4 Å². The third-order valence-corrected chi connectivity index (χ3v) is 10.8. The van der Waals surface area contributed by atoms with E-state index >= 15 is 0 Å². The molecule has 43 heavy (non-hydrogen) atoms. The van der Waals surface area contributed by atoms with Crippen LogP contribution in [0.3, 0.4) is 0 Å².